The van der Waals surface area contributed by atoms with Crippen molar-refractivity contribution in [3.05, 3.63) is 42.1 Å². The Hall–Kier alpha value is -2.01. The Morgan fingerprint density at radius 3 is 2.39 bits per heavy atom. The van der Waals surface area contributed by atoms with Crippen LogP contribution in [0.3, 0.4) is 0 Å². The van der Waals surface area contributed by atoms with Crippen LogP contribution in [0.1, 0.15) is 37.4 Å². The Bertz CT molecular complexity index is 689. The topological polar surface area (TPSA) is 55.0 Å². The first-order valence-corrected chi connectivity index (χ1v) is 8.34. The summed E-state index contributed by atoms with van der Waals surface area (Å²) >= 11 is 0. The maximum Gasteiger partial charge on any atom is 0.132 e. The first kappa shape index (κ1) is 14.6. The number of aromatic nitrogens is 2. The van der Waals surface area contributed by atoms with Crippen LogP contribution in [0.2, 0.25) is 0 Å². The molecule has 0 amide bonds. The van der Waals surface area contributed by atoms with Crippen LogP contribution in [0.25, 0.3) is 11.3 Å². The highest BCUT2D eigenvalue weighted by molar-refractivity contribution is 5.74. The zero-order valence-corrected chi connectivity index (χ0v) is 13.1. The standard InChI is InChI=1S/C18H21FN4/c19-14-5-3-12(4-6-14)17-16(23-9-7-15(20)8-10-23)11-21-18(22-17)13-1-2-13/h3-6,11,13,15H,1-2,7-10,20H2. The molecular formula is C18H21FN4. The number of nitrogens with two attached hydrogens (primary N) is 1. The maximum atomic E-state index is 13.3. The van der Waals surface area contributed by atoms with Gasteiger partial charge in [-0.15, -0.1) is 0 Å². The van der Waals surface area contributed by atoms with Gasteiger partial charge in [-0.3, -0.25) is 0 Å². The molecule has 5 heteroatoms. The molecule has 2 fully saturated rings. The van der Waals surface area contributed by atoms with E-state index in [2.05, 4.69) is 9.88 Å². The molecule has 1 aromatic carbocycles. The van der Waals surface area contributed by atoms with Gasteiger partial charge < -0.3 is 10.6 Å². The second kappa shape index (κ2) is 5.89. The highest BCUT2D eigenvalue weighted by Crippen LogP contribution is 2.40. The van der Waals surface area contributed by atoms with Crippen LogP contribution in [0.4, 0.5) is 10.1 Å². The van der Waals surface area contributed by atoms with Crippen molar-refractivity contribution in [1.29, 1.82) is 0 Å². The fourth-order valence-electron chi connectivity index (χ4n) is 3.12. The van der Waals surface area contributed by atoms with E-state index in [-0.39, 0.29) is 11.9 Å². The van der Waals surface area contributed by atoms with Gasteiger partial charge in [0.1, 0.15) is 11.6 Å². The van der Waals surface area contributed by atoms with E-state index in [0.717, 1.165) is 48.7 Å². The monoisotopic (exact) mass is 312 g/mol. The van der Waals surface area contributed by atoms with Crippen LogP contribution >= 0.6 is 0 Å². The molecule has 0 radical (unpaired) electrons. The molecule has 1 aliphatic carbocycles. The van der Waals surface area contributed by atoms with Crippen LogP contribution in [0, 0.1) is 5.82 Å². The number of anilines is 1. The lowest BCUT2D eigenvalue weighted by Gasteiger charge is -2.32. The summed E-state index contributed by atoms with van der Waals surface area (Å²) < 4.78 is 13.3. The van der Waals surface area contributed by atoms with Crippen LogP contribution in [0.5, 0.6) is 0 Å². The molecule has 2 aliphatic rings. The highest BCUT2D eigenvalue weighted by Gasteiger charge is 2.28. The summed E-state index contributed by atoms with van der Waals surface area (Å²) in [6.45, 7) is 1.84. The van der Waals surface area contributed by atoms with Gasteiger partial charge in [-0.2, -0.15) is 0 Å². The molecule has 1 saturated carbocycles. The average molecular weight is 312 g/mol. The molecule has 4 nitrogen and oxygen atoms in total. The number of nitrogens with zero attached hydrogens (tertiary/aromatic N) is 3. The van der Waals surface area contributed by atoms with Gasteiger partial charge in [0.25, 0.3) is 0 Å². The molecule has 2 N–H and O–H groups in total. The highest BCUT2D eigenvalue weighted by atomic mass is 19.1. The third-order valence-electron chi connectivity index (χ3n) is 4.73. The summed E-state index contributed by atoms with van der Waals surface area (Å²) in [6.07, 6.45) is 6.23. The van der Waals surface area contributed by atoms with Gasteiger partial charge in [0, 0.05) is 30.6 Å². The van der Waals surface area contributed by atoms with E-state index >= 15 is 0 Å². The van der Waals surface area contributed by atoms with E-state index in [9.17, 15) is 4.39 Å². The predicted octanol–water partition coefficient (Wildman–Crippen LogP) is 3.09. The number of piperidine rings is 1. The van der Waals surface area contributed by atoms with Crippen molar-refractivity contribution < 1.29 is 4.39 Å². The van der Waals surface area contributed by atoms with Gasteiger partial charge in [0.05, 0.1) is 17.6 Å². The third kappa shape index (κ3) is 3.06. The molecular weight excluding hydrogens is 291 g/mol. The van der Waals surface area contributed by atoms with Crippen molar-refractivity contribution in [2.45, 2.75) is 37.6 Å². The van der Waals surface area contributed by atoms with Gasteiger partial charge in [0.15, 0.2) is 0 Å². The molecule has 23 heavy (non-hydrogen) atoms. The van der Waals surface area contributed by atoms with Crippen LogP contribution in [-0.2, 0) is 0 Å². The Labute approximate surface area is 135 Å². The second-order valence-electron chi connectivity index (χ2n) is 6.57. The third-order valence-corrected chi connectivity index (χ3v) is 4.73. The Morgan fingerprint density at radius 2 is 1.74 bits per heavy atom. The quantitative estimate of drug-likeness (QED) is 0.946. The summed E-state index contributed by atoms with van der Waals surface area (Å²) in [5, 5.41) is 0. The second-order valence-corrected chi connectivity index (χ2v) is 6.57. The largest absolute Gasteiger partial charge is 0.368 e. The lowest BCUT2D eigenvalue weighted by atomic mass is 10.0. The lowest BCUT2D eigenvalue weighted by Crippen LogP contribution is -2.40. The van der Waals surface area contributed by atoms with Crippen LogP contribution < -0.4 is 10.6 Å². The number of hydrogen-bond acceptors (Lipinski definition) is 4. The Kier molecular flexibility index (Phi) is 3.73. The molecule has 0 atom stereocenters. The zero-order valence-electron chi connectivity index (χ0n) is 13.1. The minimum Gasteiger partial charge on any atom is -0.368 e. The summed E-state index contributed by atoms with van der Waals surface area (Å²) in [4.78, 5) is 11.7. The summed E-state index contributed by atoms with van der Waals surface area (Å²) in [6, 6.07) is 6.86. The average Bonchev–Trinajstić information content (AvgIpc) is 3.41. The first-order valence-electron chi connectivity index (χ1n) is 8.34. The van der Waals surface area contributed by atoms with E-state index in [0.29, 0.717) is 5.92 Å². The van der Waals surface area contributed by atoms with Crippen LogP contribution in [-0.4, -0.2) is 29.1 Å². The number of halogens is 1. The van der Waals surface area contributed by atoms with Crippen molar-refractivity contribution in [3.63, 3.8) is 0 Å². The van der Waals surface area contributed by atoms with Crippen molar-refractivity contribution in [3.8, 4) is 11.3 Å². The Balaban J connectivity index is 1.73. The van der Waals surface area contributed by atoms with Gasteiger partial charge in [-0.05, 0) is 49.9 Å². The Morgan fingerprint density at radius 1 is 1.04 bits per heavy atom. The molecule has 2 heterocycles. The van der Waals surface area contributed by atoms with Gasteiger partial charge >= 0.3 is 0 Å². The first-order chi connectivity index (χ1) is 11.2. The lowest BCUT2D eigenvalue weighted by molar-refractivity contribution is 0.501. The summed E-state index contributed by atoms with van der Waals surface area (Å²) in [5.74, 6) is 1.19. The van der Waals surface area contributed by atoms with E-state index < -0.39 is 0 Å². The van der Waals surface area contributed by atoms with E-state index in [1.165, 1.54) is 25.0 Å². The summed E-state index contributed by atoms with van der Waals surface area (Å²) in [5.41, 5.74) is 8.91. The molecule has 0 unspecified atom stereocenters. The van der Waals surface area contributed by atoms with Crippen LogP contribution in [0.15, 0.2) is 30.5 Å². The molecule has 1 aliphatic heterocycles. The fourth-order valence-corrected chi connectivity index (χ4v) is 3.12. The van der Waals surface area contributed by atoms with Crippen molar-refractivity contribution in [2.24, 2.45) is 5.73 Å². The predicted molar refractivity (Wildman–Crippen MR) is 88.8 cm³/mol. The molecule has 2 aromatic rings. The molecule has 4 rings (SSSR count). The number of hydrogen-bond donors (Lipinski definition) is 1. The van der Waals surface area contributed by atoms with E-state index in [1.807, 2.05) is 6.20 Å². The normalized spacial score (nSPS) is 19.1. The molecule has 0 spiro atoms. The van der Waals surface area contributed by atoms with Crippen molar-refractivity contribution in [2.75, 3.05) is 18.0 Å². The minimum atomic E-state index is -0.226. The molecule has 1 saturated heterocycles. The molecule has 1 aromatic heterocycles. The van der Waals surface area contributed by atoms with Crippen molar-refractivity contribution in [1.82, 2.24) is 9.97 Å². The van der Waals surface area contributed by atoms with E-state index in [1.54, 1.807) is 12.1 Å². The number of benzene rings is 1. The van der Waals surface area contributed by atoms with Gasteiger partial charge in [0.2, 0.25) is 0 Å². The molecule has 0 bridgehead atoms. The summed E-state index contributed by atoms with van der Waals surface area (Å²) in [7, 11) is 0. The van der Waals surface area contributed by atoms with Crippen molar-refractivity contribution >= 4 is 5.69 Å². The SMILES string of the molecule is NC1CCN(c2cnc(C3CC3)nc2-c2ccc(F)cc2)CC1. The maximum absolute atomic E-state index is 13.3. The number of rotatable bonds is 3. The minimum absolute atomic E-state index is 0.226. The smallest absolute Gasteiger partial charge is 0.132 e. The fraction of sp³-hybridized carbons (Fsp3) is 0.444. The van der Waals surface area contributed by atoms with Gasteiger partial charge in [-0.25, -0.2) is 14.4 Å². The molecule has 120 valence electrons. The van der Waals surface area contributed by atoms with E-state index in [4.69, 9.17) is 10.7 Å². The van der Waals surface area contributed by atoms with Gasteiger partial charge in [-0.1, -0.05) is 0 Å². The zero-order chi connectivity index (χ0) is 15.8.